The van der Waals surface area contributed by atoms with Crippen molar-refractivity contribution >= 4 is 15.9 Å². The first-order valence-corrected chi connectivity index (χ1v) is 12.1. The number of hydrogen-bond acceptors (Lipinski definition) is 4. The van der Waals surface area contributed by atoms with Crippen LogP contribution < -0.4 is 9.46 Å². The van der Waals surface area contributed by atoms with Gasteiger partial charge in [-0.15, -0.1) is 0 Å². The first-order valence-electron chi connectivity index (χ1n) is 10.6. The van der Waals surface area contributed by atoms with Crippen molar-refractivity contribution in [3.63, 3.8) is 0 Å². The second kappa shape index (κ2) is 9.01. The molecule has 0 saturated carbocycles. The number of nitrogens with zero attached hydrogens (tertiary/aromatic N) is 1. The zero-order valence-corrected chi connectivity index (χ0v) is 19.8. The maximum atomic E-state index is 13.1. The summed E-state index contributed by atoms with van der Waals surface area (Å²) >= 11 is 0. The number of amides is 1. The molecule has 2 aromatic rings. The number of rotatable bonds is 6. The van der Waals surface area contributed by atoms with E-state index < -0.39 is 16.1 Å². The summed E-state index contributed by atoms with van der Waals surface area (Å²) in [5, 5.41) is 0. The highest BCUT2D eigenvalue weighted by Gasteiger charge is 2.26. The fourth-order valence-electron chi connectivity index (χ4n) is 3.75. The summed E-state index contributed by atoms with van der Waals surface area (Å²) in [6.07, 6.45) is 1.91. The van der Waals surface area contributed by atoms with Crippen molar-refractivity contribution < 1.29 is 17.9 Å². The van der Waals surface area contributed by atoms with Crippen LogP contribution in [0.25, 0.3) is 0 Å². The molecule has 0 unspecified atom stereocenters. The van der Waals surface area contributed by atoms with E-state index in [1.54, 1.807) is 11.0 Å². The molecule has 3 rings (SSSR count). The summed E-state index contributed by atoms with van der Waals surface area (Å²) in [6.45, 7) is 9.58. The Morgan fingerprint density at radius 1 is 1.06 bits per heavy atom. The number of hydrogen-bond donors (Lipinski definition) is 1. The highest BCUT2D eigenvalue weighted by Crippen LogP contribution is 2.27. The minimum atomic E-state index is -3.83. The van der Waals surface area contributed by atoms with Crippen LogP contribution in [0.15, 0.2) is 47.4 Å². The summed E-state index contributed by atoms with van der Waals surface area (Å²) in [5.74, 6) is 0.180. The molecule has 31 heavy (non-hydrogen) atoms. The smallest absolute Gasteiger partial charge is 0.257 e. The molecule has 1 fully saturated rings. The van der Waals surface area contributed by atoms with Crippen LogP contribution >= 0.6 is 0 Å². The maximum Gasteiger partial charge on any atom is 0.257 e. The number of methoxy groups -OCH3 is 1. The SMILES string of the molecule is COc1ccc(S(=O)(=O)N[C@@H](C)c2ccc(C(C)(C)C)cc2)cc1C(=O)N1CCCC1. The fourth-order valence-corrected chi connectivity index (χ4v) is 5.01. The van der Waals surface area contributed by atoms with E-state index in [1.807, 2.05) is 31.2 Å². The van der Waals surface area contributed by atoms with E-state index in [9.17, 15) is 13.2 Å². The third-order valence-corrected chi connectivity index (χ3v) is 7.25. The summed E-state index contributed by atoms with van der Waals surface area (Å²) in [4.78, 5) is 14.7. The fraction of sp³-hybridized carbons (Fsp3) is 0.458. The molecule has 0 bridgehead atoms. The van der Waals surface area contributed by atoms with Crippen molar-refractivity contribution in [1.29, 1.82) is 0 Å². The number of nitrogens with one attached hydrogen (secondary N) is 1. The summed E-state index contributed by atoms with van der Waals surface area (Å²) < 4.78 is 34.2. The Kier molecular flexibility index (Phi) is 6.76. The zero-order chi connectivity index (χ0) is 22.8. The van der Waals surface area contributed by atoms with Crippen LogP contribution in [0.4, 0.5) is 0 Å². The molecular weight excluding hydrogens is 412 g/mol. The standard InChI is InChI=1S/C24H32N2O4S/c1-17(18-8-10-19(11-9-18)24(2,3)4)25-31(28,29)20-12-13-22(30-5)21(16-20)23(27)26-14-6-7-15-26/h8-13,16-17,25H,6-7,14-15H2,1-5H3/t17-/m0/s1. The van der Waals surface area contributed by atoms with Crippen LogP contribution in [-0.4, -0.2) is 39.4 Å². The van der Waals surface area contributed by atoms with Gasteiger partial charge in [-0.2, -0.15) is 0 Å². The van der Waals surface area contributed by atoms with E-state index in [0.29, 0.717) is 18.8 Å². The molecule has 1 saturated heterocycles. The lowest BCUT2D eigenvalue weighted by Gasteiger charge is -2.21. The van der Waals surface area contributed by atoms with Gasteiger partial charge >= 0.3 is 0 Å². The Bertz CT molecular complexity index is 1030. The van der Waals surface area contributed by atoms with Crippen molar-refractivity contribution in [2.45, 2.75) is 56.9 Å². The van der Waals surface area contributed by atoms with Gasteiger partial charge < -0.3 is 9.64 Å². The summed E-state index contributed by atoms with van der Waals surface area (Å²) in [6, 6.07) is 12.0. The third-order valence-electron chi connectivity index (χ3n) is 5.71. The number of benzene rings is 2. The molecule has 168 valence electrons. The van der Waals surface area contributed by atoms with E-state index >= 15 is 0 Å². The second-order valence-corrected chi connectivity index (χ2v) is 10.8. The van der Waals surface area contributed by atoms with Gasteiger partial charge in [0.15, 0.2) is 0 Å². The molecule has 0 aromatic heterocycles. The quantitative estimate of drug-likeness (QED) is 0.722. The minimum absolute atomic E-state index is 0.0304. The van der Waals surface area contributed by atoms with Gasteiger partial charge in [-0.05, 0) is 54.5 Å². The Hall–Kier alpha value is -2.38. The van der Waals surface area contributed by atoms with E-state index in [2.05, 4.69) is 25.5 Å². The molecular formula is C24H32N2O4S. The van der Waals surface area contributed by atoms with Gasteiger partial charge in [-0.3, -0.25) is 4.79 Å². The average Bonchev–Trinajstić information content (AvgIpc) is 3.26. The van der Waals surface area contributed by atoms with Crippen LogP contribution in [0, 0.1) is 0 Å². The number of ether oxygens (including phenoxy) is 1. The molecule has 0 spiro atoms. The van der Waals surface area contributed by atoms with Crippen LogP contribution in [-0.2, 0) is 15.4 Å². The second-order valence-electron chi connectivity index (χ2n) is 9.08. The number of likely N-dealkylation sites (tertiary alicyclic amines) is 1. The lowest BCUT2D eigenvalue weighted by atomic mass is 9.86. The molecule has 1 atom stereocenters. The predicted octanol–water partition coefficient (Wildman–Crippen LogP) is 4.27. The first kappa shape index (κ1) is 23.3. The van der Waals surface area contributed by atoms with Crippen LogP contribution in [0.3, 0.4) is 0 Å². The predicted molar refractivity (Wildman–Crippen MR) is 122 cm³/mol. The van der Waals surface area contributed by atoms with Crippen molar-refractivity contribution in [3.8, 4) is 5.75 Å². The highest BCUT2D eigenvalue weighted by atomic mass is 32.2. The van der Waals surface area contributed by atoms with Gasteiger partial charge in [0.25, 0.3) is 5.91 Å². The average molecular weight is 445 g/mol. The lowest BCUT2D eigenvalue weighted by Crippen LogP contribution is -2.29. The molecule has 1 heterocycles. The highest BCUT2D eigenvalue weighted by molar-refractivity contribution is 7.89. The largest absolute Gasteiger partial charge is 0.496 e. The van der Waals surface area contributed by atoms with Crippen molar-refractivity contribution in [2.75, 3.05) is 20.2 Å². The van der Waals surface area contributed by atoms with Crippen molar-refractivity contribution in [3.05, 3.63) is 59.2 Å². The molecule has 1 aliphatic rings. The van der Waals surface area contributed by atoms with E-state index in [-0.39, 0.29) is 21.8 Å². The molecule has 0 aliphatic carbocycles. The van der Waals surface area contributed by atoms with E-state index in [0.717, 1.165) is 18.4 Å². The van der Waals surface area contributed by atoms with Crippen LogP contribution in [0.2, 0.25) is 0 Å². The Morgan fingerprint density at radius 3 is 2.23 bits per heavy atom. The van der Waals surface area contributed by atoms with Crippen LogP contribution in [0.1, 0.15) is 68.1 Å². The molecule has 2 aromatic carbocycles. The van der Waals surface area contributed by atoms with E-state index in [4.69, 9.17) is 4.74 Å². The summed E-state index contributed by atoms with van der Waals surface area (Å²) in [5.41, 5.74) is 2.36. The lowest BCUT2D eigenvalue weighted by molar-refractivity contribution is 0.0789. The Labute approximate surface area is 185 Å². The van der Waals surface area contributed by atoms with Gasteiger partial charge in [0.2, 0.25) is 10.0 Å². The van der Waals surface area contributed by atoms with Gasteiger partial charge in [-0.25, -0.2) is 13.1 Å². The first-order chi connectivity index (χ1) is 14.5. The molecule has 7 heteroatoms. The molecule has 0 radical (unpaired) electrons. The zero-order valence-electron chi connectivity index (χ0n) is 18.9. The Morgan fingerprint density at radius 2 is 1.68 bits per heavy atom. The molecule has 6 nitrogen and oxygen atoms in total. The Balaban J connectivity index is 1.84. The normalized spacial score (nSPS) is 15.7. The monoisotopic (exact) mass is 444 g/mol. The topological polar surface area (TPSA) is 75.7 Å². The summed E-state index contributed by atoms with van der Waals surface area (Å²) in [7, 11) is -2.35. The maximum absolute atomic E-state index is 13.1. The molecule has 1 aliphatic heterocycles. The van der Waals surface area contributed by atoms with Crippen LogP contribution in [0.5, 0.6) is 5.75 Å². The molecule has 1 N–H and O–H groups in total. The van der Waals surface area contributed by atoms with Gasteiger partial charge in [-0.1, -0.05) is 45.0 Å². The number of sulfonamides is 1. The molecule has 1 amide bonds. The van der Waals surface area contributed by atoms with E-state index in [1.165, 1.54) is 24.8 Å². The van der Waals surface area contributed by atoms with Gasteiger partial charge in [0.05, 0.1) is 17.6 Å². The van der Waals surface area contributed by atoms with Gasteiger partial charge in [0, 0.05) is 19.1 Å². The third kappa shape index (κ3) is 5.28. The minimum Gasteiger partial charge on any atom is -0.496 e. The van der Waals surface area contributed by atoms with Crippen molar-refractivity contribution in [1.82, 2.24) is 9.62 Å². The number of carbonyl (C=O) groups excluding carboxylic acids is 1. The number of carbonyl (C=O) groups is 1. The van der Waals surface area contributed by atoms with Gasteiger partial charge in [0.1, 0.15) is 5.75 Å². The van der Waals surface area contributed by atoms with Crippen molar-refractivity contribution in [2.24, 2.45) is 0 Å².